The Morgan fingerprint density at radius 1 is 0.821 bits per heavy atom. The molecule has 0 unspecified atom stereocenters. The van der Waals surface area contributed by atoms with Crippen LogP contribution in [-0.4, -0.2) is 28.2 Å². The molecule has 2 N–H and O–H groups in total. The van der Waals surface area contributed by atoms with E-state index in [-0.39, 0.29) is 11.5 Å². The molecule has 2 aromatic carbocycles. The Hall–Kier alpha value is -3.49. The quantitative estimate of drug-likeness (QED) is 0.666. The summed E-state index contributed by atoms with van der Waals surface area (Å²) in [5.41, 5.74) is 5.01. The van der Waals surface area contributed by atoms with E-state index in [1.165, 1.54) is 0 Å². The van der Waals surface area contributed by atoms with Gasteiger partial charge in [0, 0.05) is 17.3 Å². The number of nitrogens with zero attached hydrogens (tertiary/aromatic N) is 3. The van der Waals surface area contributed by atoms with E-state index in [1.54, 1.807) is 48.7 Å². The Labute approximate surface area is 162 Å². The van der Waals surface area contributed by atoms with Crippen molar-refractivity contribution in [2.24, 2.45) is 4.99 Å². The van der Waals surface area contributed by atoms with Crippen LogP contribution in [0.4, 0.5) is 0 Å². The third-order valence-electron chi connectivity index (χ3n) is 4.09. The van der Waals surface area contributed by atoms with Crippen molar-refractivity contribution < 1.29 is 13.0 Å². The van der Waals surface area contributed by atoms with Crippen molar-refractivity contribution in [1.29, 1.82) is 0 Å². The summed E-state index contributed by atoms with van der Waals surface area (Å²) >= 11 is 0. The van der Waals surface area contributed by atoms with Crippen molar-refractivity contribution in [3.05, 3.63) is 102 Å². The molecule has 0 aliphatic carbocycles. The molecule has 0 saturated heterocycles. The maximum atomic E-state index is 12.2. The Morgan fingerprint density at radius 3 is 2.00 bits per heavy atom. The predicted octanol–water partition coefficient (Wildman–Crippen LogP) is 2.98. The zero-order valence-electron chi connectivity index (χ0n) is 14.6. The number of benzene rings is 2. The second kappa shape index (κ2) is 7.26. The summed E-state index contributed by atoms with van der Waals surface area (Å²) in [5.74, 6) is 0.205. The van der Waals surface area contributed by atoms with Gasteiger partial charge in [0.15, 0.2) is 5.84 Å². The van der Waals surface area contributed by atoms with Gasteiger partial charge in [-0.3, -0.25) is 15.0 Å². The fourth-order valence-corrected chi connectivity index (χ4v) is 3.50. The van der Waals surface area contributed by atoms with Crippen molar-refractivity contribution in [3.8, 4) is 0 Å². The van der Waals surface area contributed by atoms with E-state index in [1.807, 2.05) is 36.4 Å². The fourth-order valence-electron chi connectivity index (χ4n) is 2.88. The fraction of sp³-hybridized carbons (Fsp3) is 0. The first kappa shape index (κ1) is 17.9. The molecule has 8 heteroatoms. The molecule has 0 bridgehead atoms. The molecule has 0 fully saturated rings. The summed E-state index contributed by atoms with van der Waals surface area (Å²) < 4.78 is 35.1. The number of amidine groups is 1. The number of hydrazine groups is 1. The predicted molar refractivity (Wildman–Crippen MR) is 107 cm³/mol. The minimum Gasteiger partial charge on any atom is -0.268 e. The maximum absolute atomic E-state index is 12.2. The van der Waals surface area contributed by atoms with Crippen molar-refractivity contribution in [2.75, 3.05) is 0 Å². The van der Waals surface area contributed by atoms with Crippen LogP contribution < -0.4 is 5.43 Å². The van der Waals surface area contributed by atoms with E-state index >= 15 is 0 Å². The smallest absolute Gasteiger partial charge is 0.268 e. The van der Waals surface area contributed by atoms with Gasteiger partial charge in [-0.05, 0) is 12.1 Å². The molecule has 1 aliphatic rings. The number of pyridine rings is 1. The molecule has 0 radical (unpaired) electrons. The van der Waals surface area contributed by atoms with Gasteiger partial charge in [-0.2, -0.15) is 12.8 Å². The van der Waals surface area contributed by atoms with Crippen molar-refractivity contribution in [1.82, 2.24) is 14.8 Å². The molecule has 0 spiro atoms. The van der Waals surface area contributed by atoms with Gasteiger partial charge < -0.3 is 0 Å². The van der Waals surface area contributed by atoms with E-state index < -0.39 is 10.3 Å². The minimum absolute atomic E-state index is 0.205. The zero-order chi connectivity index (χ0) is 19.6. The topological polar surface area (TPSA) is 94.9 Å². The second-order valence-corrected chi connectivity index (χ2v) is 7.22. The maximum Gasteiger partial charge on any atom is 0.377 e. The number of aromatic nitrogens is 1. The highest BCUT2D eigenvalue weighted by Gasteiger charge is 2.32. The Bertz CT molecular complexity index is 1150. The van der Waals surface area contributed by atoms with Crippen molar-refractivity contribution in [3.63, 3.8) is 0 Å². The van der Waals surface area contributed by atoms with Crippen LogP contribution >= 0.6 is 0 Å². The van der Waals surface area contributed by atoms with E-state index in [0.717, 1.165) is 4.41 Å². The molecule has 28 heavy (non-hydrogen) atoms. The van der Waals surface area contributed by atoms with Crippen LogP contribution in [0, 0.1) is 0 Å². The van der Waals surface area contributed by atoms with E-state index in [4.69, 9.17) is 0 Å². The van der Waals surface area contributed by atoms with Crippen molar-refractivity contribution >= 4 is 27.5 Å². The number of rotatable bonds is 4. The van der Waals surface area contributed by atoms with Crippen LogP contribution in [0.2, 0.25) is 0 Å². The van der Waals surface area contributed by atoms with Gasteiger partial charge in [0.2, 0.25) is 0 Å². The summed E-state index contributed by atoms with van der Waals surface area (Å²) in [6, 6.07) is 23.3. The van der Waals surface area contributed by atoms with Gasteiger partial charge in [0.25, 0.3) is 0 Å². The number of nitrogens with one attached hydrogen (secondary N) is 1. The molecular formula is C20H16N4O3S. The molecule has 140 valence electrons. The zero-order valence-corrected chi connectivity index (χ0v) is 15.4. The molecular weight excluding hydrogens is 376 g/mol. The summed E-state index contributed by atoms with van der Waals surface area (Å²) in [6.07, 6.45) is 1.58. The van der Waals surface area contributed by atoms with Gasteiger partial charge >= 0.3 is 10.3 Å². The van der Waals surface area contributed by atoms with Gasteiger partial charge in [-0.25, -0.2) is 4.99 Å². The summed E-state index contributed by atoms with van der Waals surface area (Å²) in [4.78, 5) is 8.88. The third-order valence-corrected chi connectivity index (χ3v) is 4.83. The van der Waals surface area contributed by atoms with Crippen LogP contribution in [0.3, 0.4) is 0 Å². The molecule has 1 aliphatic heterocycles. The van der Waals surface area contributed by atoms with Crippen LogP contribution in [0.25, 0.3) is 11.4 Å². The Morgan fingerprint density at radius 2 is 1.43 bits per heavy atom. The third kappa shape index (κ3) is 3.51. The molecule has 0 amide bonds. The molecule has 0 saturated carbocycles. The van der Waals surface area contributed by atoms with Crippen LogP contribution in [0.1, 0.15) is 16.8 Å². The highest BCUT2D eigenvalue weighted by molar-refractivity contribution is 7.83. The normalized spacial score (nSPS) is 14.5. The summed E-state index contributed by atoms with van der Waals surface area (Å²) in [6.45, 7) is 0. The van der Waals surface area contributed by atoms with Gasteiger partial charge in [-0.15, -0.1) is 0 Å². The van der Waals surface area contributed by atoms with Gasteiger partial charge in [-0.1, -0.05) is 66.7 Å². The molecule has 4 rings (SSSR count). The lowest BCUT2D eigenvalue weighted by Gasteiger charge is -2.31. The van der Waals surface area contributed by atoms with Gasteiger partial charge in [0.05, 0.1) is 5.70 Å². The Kier molecular flexibility index (Phi) is 4.64. The second-order valence-electron chi connectivity index (χ2n) is 5.96. The summed E-state index contributed by atoms with van der Waals surface area (Å²) in [5, 5.41) is 0. The highest BCUT2D eigenvalue weighted by atomic mass is 32.2. The molecule has 7 nitrogen and oxygen atoms in total. The molecule has 1 aromatic heterocycles. The minimum atomic E-state index is -4.65. The standard InChI is InChI=1S/C20H16N4O3S/c25-28(26,27)24-19(16-11-5-2-6-12-16)18(15-9-3-1-4-10-15)22-20(23-24)17-13-7-8-14-21-17/h1-14H,(H,22,23)(H,25,26,27). The monoisotopic (exact) mass is 392 g/mol. The Balaban J connectivity index is 2.02. The molecule has 2 heterocycles. The molecule has 0 atom stereocenters. The van der Waals surface area contributed by atoms with E-state index in [9.17, 15) is 13.0 Å². The molecule has 3 aromatic rings. The van der Waals surface area contributed by atoms with Crippen LogP contribution in [0.5, 0.6) is 0 Å². The lowest BCUT2D eigenvalue weighted by atomic mass is 10.0. The number of aliphatic imine (C=N–C) groups is 1. The summed E-state index contributed by atoms with van der Waals surface area (Å²) in [7, 11) is -4.65. The largest absolute Gasteiger partial charge is 0.377 e. The van der Waals surface area contributed by atoms with Crippen molar-refractivity contribution in [2.45, 2.75) is 0 Å². The highest BCUT2D eigenvalue weighted by Crippen LogP contribution is 2.33. The average Bonchev–Trinajstić information content (AvgIpc) is 2.74. The van der Waals surface area contributed by atoms with E-state index in [2.05, 4.69) is 15.4 Å². The first-order valence-corrected chi connectivity index (χ1v) is 9.83. The first-order valence-electron chi connectivity index (χ1n) is 8.43. The number of hydrogen-bond acceptors (Lipinski definition) is 5. The van der Waals surface area contributed by atoms with Gasteiger partial charge in [0.1, 0.15) is 11.4 Å². The number of hydrogen-bond donors (Lipinski definition) is 2. The van der Waals surface area contributed by atoms with Crippen LogP contribution in [0.15, 0.2) is 90.1 Å². The lowest BCUT2D eigenvalue weighted by molar-refractivity contribution is 0.394. The van der Waals surface area contributed by atoms with E-state index in [0.29, 0.717) is 22.5 Å². The average molecular weight is 392 g/mol. The van der Waals surface area contributed by atoms with Crippen LogP contribution in [-0.2, 0) is 10.3 Å². The lowest BCUT2D eigenvalue weighted by Crippen LogP contribution is -2.47. The SMILES string of the molecule is O=S(=O)(O)N1NC(c2ccccn2)=NC(c2ccccc2)=C1c1ccccc1. The first-order chi connectivity index (χ1) is 13.5.